The Kier molecular flexibility index (Phi) is 4.15. The molecule has 0 saturated carbocycles. The van der Waals surface area contributed by atoms with Crippen molar-refractivity contribution in [1.29, 1.82) is 0 Å². The number of benzene rings is 2. The lowest BCUT2D eigenvalue weighted by Gasteiger charge is -2.03. The van der Waals surface area contributed by atoms with E-state index in [4.69, 9.17) is 0 Å². The first kappa shape index (κ1) is 13.1. The summed E-state index contributed by atoms with van der Waals surface area (Å²) >= 11 is 0. The number of aryl methyl sites for hydroxylation is 1. The van der Waals surface area contributed by atoms with Crippen molar-refractivity contribution in [2.75, 3.05) is 0 Å². The highest BCUT2D eigenvalue weighted by Crippen LogP contribution is 2.14. The van der Waals surface area contributed by atoms with Crippen molar-refractivity contribution in [3.63, 3.8) is 0 Å². The molecule has 0 saturated heterocycles. The van der Waals surface area contributed by atoms with Crippen LogP contribution in [0.2, 0.25) is 0 Å². The maximum atomic E-state index is 12.0. The van der Waals surface area contributed by atoms with Gasteiger partial charge in [0.25, 0.3) is 0 Å². The zero-order chi connectivity index (χ0) is 13.7. The Hall–Kier alpha value is -2.34. The molecule has 96 valence electrons. The van der Waals surface area contributed by atoms with Crippen LogP contribution in [-0.2, 0) is 0 Å². The fourth-order valence-electron chi connectivity index (χ4n) is 1.59. The quantitative estimate of drug-likeness (QED) is 0.740. The fourth-order valence-corrected chi connectivity index (χ4v) is 1.59. The van der Waals surface area contributed by atoms with Gasteiger partial charge < -0.3 is 4.74 Å². The highest BCUT2D eigenvalue weighted by molar-refractivity contribution is 5.45. The summed E-state index contributed by atoms with van der Waals surface area (Å²) in [4.78, 5) is 0. The fraction of sp³-hybridized carbons (Fsp3) is 0.125. The second-order valence-corrected chi connectivity index (χ2v) is 4.02. The standard InChI is InChI=1S/C16H12F2O/c1-12-3-2-4-14(11-12)6-5-13-7-9-15(10-8-13)19-16(17)18/h2-4,7-11,16H,1H3. The van der Waals surface area contributed by atoms with E-state index in [1.54, 1.807) is 12.1 Å². The summed E-state index contributed by atoms with van der Waals surface area (Å²) in [5.41, 5.74) is 2.82. The second-order valence-electron chi connectivity index (χ2n) is 4.02. The summed E-state index contributed by atoms with van der Waals surface area (Å²) in [7, 11) is 0. The molecule has 2 aromatic rings. The average Bonchev–Trinajstić information content (AvgIpc) is 2.37. The van der Waals surface area contributed by atoms with Gasteiger partial charge in [-0.15, -0.1) is 0 Å². The van der Waals surface area contributed by atoms with Gasteiger partial charge in [-0.05, 0) is 48.9 Å². The van der Waals surface area contributed by atoms with Gasteiger partial charge in [0.2, 0.25) is 0 Å². The average molecular weight is 258 g/mol. The highest BCUT2D eigenvalue weighted by Gasteiger charge is 2.02. The molecule has 0 aliphatic rings. The van der Waals surface area contributed by atoms with Gasteiger partial charge in [-0.25, -0.2) is 0 Å². The zero-order valence-electron chi connectivity index (χ0n) is 10.4. The summed E-state index contributed by atoms with van der Waals surface area (Å²) in [5.74, 6) is 6.13. The van der Waals surface area contributed by atoms with Crippen LogP contribution < -0.4 is 4.74 Å². The van der Waals surface area contributed by atoms with E-state index < -0.39 is 6.61 Å². The minimum atomic E-state index is -2.80. The van der Waals surface area contributed by atoms with Crippen LogP contribution in [0.15, 0.2) is 48.5 Å². The summed E-state index contributed by atoms with van der Waals surface area (Å²) in [5, 5.41) is 0. The zero-order valence-corrected chi connectivity index (χ0v) is 10.4. The second kappa shape index (κ2) is 6.01. The van der Waals surface area contributed by atoms with Gasteiger partial charge in [-0.3, -0.25) is 0 Å². The van der Waals surface area contributed by atoms with Crippen LogP contribution in [0.25, 0.3) is 0 Å². The Morgan fingerprint density at radius 3 is 2.26 bits per heavy atom. The van der Waals surface area contributed by atoms with Crippen molar-refractivity contribution >= 4 is 0 Å². The molecule has 0 N–H and O–H groups in total. The van der Waals surface area contributed by atoms with Gasteiger partial charge in [0.15, 0.2) is 0 Å². The lowest BCUT2D eigenvalue weighted by molar-refractivity contribution is -0.0498. The van der Waals surface area contributed by atoms with Crippen LogP contribution in [0.3, 0.4) is 0 Å². The number of alkyl halides is 2. The van der Waals surface area contributed by atoms with Crippen LogP contribution in [0, 0.1) is 18.8 Å². The number of hydrogen-bond donors (Lipinski definition) is 0. The van der Waals surface area contributed by atoms with Gasteiger partial charge in [-0.2, -0.15) is 8.78 Å². The maximum Gasteiger partial charge on any atom is 0.387 e. The lowest BCUT2D eigenvalue weighted by atomic mass is 10.1. The molecule has 0 radical (unpaired) electrons. The smallest absolute Gasteiger partial charge is 0.387 e. The van der Waals surface area contributed by atoms with E-state index in [9.17, 15) is 8.78 Å². The molecule has 2 aromatic carbocycles. The predicted molar refractivity (Wildman–Crippen MR) is 70.2 cm³/mol. The molecular formula is C16H12F2O. The molecule has 19 heavy (non-hydrogen) atoms. The highest BCUT2D eigenvalue weighted by atomic mass is 19.3. The van der Waals surface area contributed by atoms with Crippen molar-refractivity contribution in [1.82, 2.24) is 0 Å². The summed E-state index contributed by atoms with van der Waals surface area (Å²) in [6.45, 7) is -0.800. The van der Waals surface area contributed by atoms with Gasteiger partial charge in [0, 0.05) is 11.1 Å². The van der Waals surface area contributed by atoms with Crippen LogP contribution in [0.1, 0.15) is 16.7 Å². The van der Waals surface area contributed by atoms with E-state index in [1.807, 2.05) is 31.2 Å². The van der Waals surface area contributed by atoms with Gasteiger partial charge >= 0.3 is 6.61 Å². The third kappa shape index (κ3) is 4.11. The first-order valence-electron chi connectivity index (χ1n) is 5.77. The molecule has 0 atom stereocenters. The Labute approximate surface area is 110 Å². The van der Waals surface area contributed by atoms with E-state index in [2.05, 4.69) is 16.6 Å². The molecule has 0 amide bonds. The van der Waals surface area contributed by atoms with Gasteiger partial charge in [0.1, 0.15) is 5.75 Å². The largest absolute Gasteiger partial charge is 0.435 e. The molecule has 0 heterocycles. The predicted octanol–water partition coefficient (Wildman–Crippen LogP) is 4.00. The van der Waals surface area contributed by atoms with Gasteiger partial charge in [-0.1, -0.05) is 24.0 Å². The molecule has 0 aliphatic heterocycles. The summed E-state index contributed by atoms with van der Waals surface area (Å²) in [6, 6.07) is 14.1. The van der Waals surface area contributed by atoms with Crippen LogP contribution in [0.4, 0.5) is 8.78 Å². The van der Waals surface area contributed by atoms with Gasteiger partial charge in [0.05, 0.1) is 0 Å². The number of hydrogen-bond acceptors (Lipinski definition) is 1. The Morgan fingerprint density at radius 1 is 0.947 bits per heavy atom. The Balaban J connectivity index is 2.12. The van der Waals surface area contributed by atoms with Crippen molar-refractivity contribution < 1.29 is 13.5 Å². The SMILES string of the molecule is Cc1cccc(C#Cc2ccc(OC(F)F)cc2)c1. The van der Waals surface area contributed by atoms with Crippen molar-refractivity contribution in [2.24, 2.45) is 0 Å². The minimum Gasteiger partial charge on any atom is -0.435 e. The number of rotatable bonds is 2. The van der Waals surface area contributed by atoms with E-state index in [0.29, 0.717) is 0 Å². The molecule has 0 fully saturated rings. The summed E-state index contributed by atoms with van der Waals surface area (Å²) in [6.07, 6.45) is 0. The molecule has 0 spiro atoms. The van der Waals surface area contributed by atoms with E-state index in [1.165, 1.54) is 12.1 Å². The molecule has 1 nitrogen and oxygen atoms in total. The van der Waals surface area contributed by atoms with Crippen molar-refractivity contribution in [3.8, 4) is 17.6 Å². The van der Waals surface area contributed by atoms with Crippen LogP contribution in [0.5, 0.6) is 5.75 Å². The first-order chi connectivity index (χ1) is 9.13. The first-order valence-corrected chi connectivity index (χ1v) is 5.77. The van der Waals surface area contributed by atoms with E-state index in [0.717, 1.165) is 16.7 Å². The number of halogens is 2. The monoisotopic (exact) mass is 258 g/mol. The molecule has 0 aliphatic carbocycles. The van der Waals surface area contributed by atoms with Crippen molar-refractivity contribution in [2.45, 2.75) is 13.5 Å². The maximum absolute atomic E-state index is 12.0. The molecule has 0 bridgehead atoms. The van der Waals surface area contributed by atoms with Crippen molar-refractivity contribution in [3.05, 3.63) is 65.2 Å². The summed E-state index contributed by atoms with van der Waals surface area (Å²) < 4.78 is 28.2. The molecular weight excluding hydrogens is 246 g/mol. The molecule has 2 rings (SSSR count). The topological polar surface area (TPSA) is 9.23 Å². The minimum absolute atomic E-state index is 0.135. The van der Waals surface area contributed by atoms with E-state index in [-0.39, 0.29) is 5.75 Å². The number of ether oxygens (including phenoxy) is 1. The third-order valence-electron chi connectivity index (χ3n) is 2.45. The normalized spacial score (nSPS) is 9.89. The third-order valence-corrected chi connectivity index (χ3v) is 2.45. The molecule has 0 aromatic heterocycles. The molecule has 0 unspecified atom stereocenters. The van der Waals surface area contributed by atoms with Crippen LogP contribution >= 0.6 is 0 Å². The molecule has 3 heteroatoms. The Bertz CT molecular complexity index is 607. The Morgan fingerprint density at radius 2 is 1.63 bits per heavy atom. The van der Waals surface area contributed by atoms with E-state index >= 15 is 0 Å². The lowest BCUT2D eigenvalue weighted by Crippen LogP contribution is -2.01. The van der Waals surface area contributed by atoms with Crippen LogP contribution in [-0.4, -0.2) is 6.61 Å².